The summed E-state index contributed by atoms with van der Waals surface area (Å²) in [5, 5.41) is 2.58. The molecule has 1 N–H and O–H groups in total. The summed E-state index contributed by atoms with van der Waals surface area (Å²) in [5.74, 6) is -0.202. The lowest BCUT2D eigenvalue weighted by molar-refractivity contribution is -0.137. The van der Waals surface area contributed by atoms with Gasteiger partial charge in [-0.15, -0.1) is 0 Å². The standard InChI is InChI=1S/C20H15F3N6O2/c1-28-16-6-5-15(12-3-2-4-13(7-12)20(21,22)23)27-18(16)29(10-17(28)30)19(31)26-14-8-24-11-25-9-14/h2-9,11H,10H2,1H3,(H,26,31). The van der Waals surface area contributed by atoms with E-state index < -0.39 is 17.8 Å². The van der Waals surface area contributed by atoms with Gasteiger partial charge in [0.05, 0.1) is 35.0 Å². The summed E-state index contributed by atoms with van der Waals surface area (Å²) in [5.41, 5.74) is 0.318. The van der Waals surface area contributed by atoms with Crippen LogP contribution in [-0.4, -0.2) is 40.5 Å². The second-order valence-corrected chi connectivity index (χ2v) is 6.71. The Hall–Kier alpha value is -4.02. The van der Waals surface area contributed by atoms with Crippen LogP contribution in [-0.2, 0) is 11.0 Å². The number of nitrogens with zero attached hydrogens (tertiary/aromatic N) is 5. The van der Waals surface area contributed by atoms with E-state index in [1.54, 1.807) is 6.07 Å². The van der Waals surface area contributed by atoms with E-state index in [-0.39, 0.29) is 29.5 Å². The summed E-state index contributed by atoms with van der Waals surface area (Å²) in [6.45, 7) is -0.290. The minimum absolute atomic E-state index is 0.145. The van der Waals surface area contributed by atoms with Crippen LogP contribution < -0.4 is 15.1 Å². The number of hydrogen-bond donors (Lipinski definition) is 1. The van der Waals surface area contributed by atoms with E-state index in [0.29, 0.717) is 11.4 Å². The third kappa shape index (κ3) is 4.02. The number of benzene rings is 1. The Labute approximate surface area is 174 Å². The van der Waals surface area contributed by atoms with Crippen molar-refractivity contribution in [3.8, 4) is 11.3 Å². The number of carbonyl (C=O) groups is 2. The number of anilines is 3. The zero-order valence-corrected chi connectivity index (χ0v) is 16.1. The van der Waals surface area contributed by atoms with Gasteiger partial charge in [-0.1, -0.05) is 12.1 Å². The van der Waals surface area contributed by atoms with Gasteiger partial charge in [0.15, 0.2) is 5.82 Å². The molecule has 8 nitrogen and oxygen atoms in total. The fourth-order valence-electron chi connectivity index (χ4n) is 3.09. The number of urea groups is 1. The molecule has 3 amide bonds. The first-order valence-electron chi connectivity index (χ1n) is 9.03. The monoisotopic (exact) mass is 428 g/mol. The third-order valence-electron chi connectivity index (χ3n) is 4.68. The predicted molar refractivity (Wildman–Crippen MR) is 106 cm³/mol. The van der Waals surface area contributed by atoms with E-state index in [4.69, 9.17) is 0 Å². The van der Waals surface area contributed by atoms with Gasteiger partial charge in [0, 0.05) is 12.6 Å². The van der Waals surface area contributed by atoms with Crippen LogP contribution in [0.25, 0.3) is 11.3 Å². The van der Waals surface area contributed by atoms with E-state index in [1.807, 2.05) is 0 Å². The summed E-state index contributed by atoms with van der Waals surface area (Å²) in [7, 11) is 1.53. The number of rotatable bonds is 2. The van der Waals surface area contributed by atoms with E-state index in [1.165, 1.54) is 48.9 Å². The molecule has 1 aliphatic heterocycles. The van der Waals surface area contributed by atoms with E-state index in [0.717, 1.165) is 17.0 Å². The lowest BCUT2D eigenvalue weighted by atomic mass is 10.1. The van der Waals surface area contributed by atoms with Crippen molar-refractivity contribution in [3.63, 3.8) is 0 Å². The van der Waals surface area contributed by atoms with Crippen LogP contribution in [0, 0.1) is 0 Å². The average molecular weight is 428 g/mol. The van der Waals surface area contributed by atoms with Crippen molar-refractivity contribution < 1.29 is 22.8 Å². The molecular weight excluding hydrogens is 413 g/mol. The van der Waals surface area contributed by atoms with Gasteiger partial charge in [-0.2, -0.15) is 13.2 Å². The maximum Gasteiger partial charge on any atom is 0.416 e. The largest absolute Gasteiger partial charge is 0.416 e. The SMILES string of the molecule is CN1C(=O)CN(C(=O)Nc2cncnc2)c2nc(-c3cccc(C(F)(F)F)c3)ccc21. The van der Waals surface area contributed by atoms with Crippen LogP contribution in [0.15, 0.2) is 55.1 Å². The summed E-state index contributed by atoms with van der Waals surface area (Å²) < 4.78 is 39.3. The maximum absolute atomic E-state index is 13.1. The van der Waals surface area contributed by atoms with Crippen LogP contribution in [0.4, 0.5) is 35.2 Å². The first-order valence-corrected chi connectivity index (χ1v) is 9.03. The Bertz CT molecular complexity index is 1150. The molecule has 3 aromatic rings. The van der Waals surface area contributed by atoms with Gasteiger partial charge in [0.2, 0.25) is 5.91 Å². The van der Waals surface area contributed by atoms with Gasteiger partial charge in [-0.25, -0.2) is 19.7 Å². The second kappa shape index (κ2) is 7.67. The molecule has 0 saturated carbocycles. The molecule has 158 valence electrons. The lowest BCUT2D eigenvalue weighted by Crippen LogP contribution is -2.48. The van der Waals surface area contributed by atoms with E-state index in [2.05, 4.69) is 20.3 Å². The lowest BCUT2D eigenvalue weighted by Gasteiger charge is -2.33. The molecule has 2 aromatic heterocycles. The van der Waals surface area contributed by atoms with Crippen LogP contribution >= 0.6 is 0 Å². The molecular formula is C20H15F3N6O2. The predicted octanol–water partition coefficient (Wildman–Crippen LogP) is 3.57. The zero-order valence-electron chi connectivity index (χ0n) is 16.1. The molecule has 0 spiro atoms. The van der Waals surface area contributed by atoms with Gasteiger partial charge in [-0.05, 0) is 24.3 Å². The summed E-state index contributed by atoms with van der Waals surface area (Å²) >= 11 is 0. The van der Waals surface area contributed by atoms with Crippen molar-refractivity contribution in [2.24, 2.45) is 0 Å². The number of aromatic nitrogens is 3. The number of carbonyl (C=O) groups excluding carboxylic acids is 2. The molecule has 3 heterocycles. The van der Waals surface area contributed by atoms with Crippen molar-refractivity contribution in [3.05, 3.63) is 60.7 Å². The Kier molecular flexibility index (Phi) is 5.01. The van der Waals surface area contributed by atoms with Crippen molar-refractivity contribution >= 4 is 29.1 Å². The molecule has 11 heteroatoms. The quantitative estimate of drug-likeness (QED) is 0.674. The molecule has 0 radical (unpaired) electrons. The molecule has 0 aliphatic carbocycles. The van der Waals surface area contributed by atoms with Crippen molar-refractivity contribution in [2.75, 3.05) is 28.7 Å². The van der Waals surface area contributed by atoms with Crippen LogP contribution in [0.2, 0.25) is 0 Å². The first kappa shape index (κ1) is 20.3. The van der Waals surface area contributed by atoms with Crippen LogP contribution in [0.1, 0.15) is 5.56 Å². The number of likely N-dealkylation sites (N-methyl/N-ethyl adjacent to an activating group) is 1. The van der Waals surface area contributed by atoms with Gasteiger partial charge in [0.1, 0.15) is 12.9 Å². The number of pyridine rings is 1. The number of alkyl halides is 3. The minimum Gasteiger partial charge on any atom is -0.311 e. The summed E-state index contributed by atoms with van der Waals surface area (Å²) in [6, 6.07) is 7.13. The van der Waals surface area contributed by atoms with Crippen molar-refractivity contribution in [1.29, 1.82) is 0 Å². The van der Waals surface area contributed by atoms with Gasteiger partial charge in [-0.3, -0.25) is 9.69 Å². The summed E-state index contributed by atoms with van der Waals surface area (Å²) in [4.78, 5) is 39.7. The fourth-order valence-corrected chi connectivity index (χ4v) is 3.09. The highest BCUT2D eigenvalue weighted by atomic mass is 19.4. The molecule has 1 aromatic carbocycles. The topological polar surface area (TPSA) is 91.3 Å². The second-order valence-electron chi connectivity index (χ2n) is 6.71. The van der Waals surface area contributed by atoms with Crippen molar-refractivity contribution in [2.45, 2.75) is 6.18 Å². The normalized spacial score (nSPS) is 13.7. The smallest absolute Gasteiger partial charge is 0.311 e. The maximum atomic E-state index is 13.1. The number of nitrogens with one attached hydrogen (secondary N) is 1. The Morgan fingerprint density at radius 1 is 1.13 bits per heavy atom. The van der Waals surface area contributed by atoms with Crippen molar-refractivity contribution in [1.82, 2.24) is 15.0 Å². The summed E-state index contributed by atoms with van der Waals surface area (Å²) in [6.07, 6.45) is -0.430. The van der Waals surface area contributed by atoms with Gasteiger partial charge >= 0.3 is 12.2 Å². The molecule has 0 saturated heterocycles. The van der Waals surface area contributed by atoms with E-state index in [9.17, 15) is 22.8 Å². The molecule has 0 atom stereocenters. The number of hydrogen-bond acceptors (Lipinski definition) is 5. The molecule has 0 fully saturated rings. The van der Waals surface area contributed by atoms with E-state index >= 15 is 0 Å². The molecule has 31 heavy (non-hydrogen) atoms. The third-order valence-corrected chi connectivity index (χ3v) is 4.68. The fraction of sp³-hybridized carbons (Fsp3) is 0.150. The highest BCUT2D eigenvalue weighted by Crippen LogP contribution is 2.36. The molecule has 0 unspecified atom stereocenters. The highest BCUT2D eigenvalue weighted by Gasteiger charge is 2.33. The van der Waals surface area contributed by atoms with Crippen LogP contribution in [0.3, 0.4) is 0 Å². The van der Waals surface area contributed by atoms with Gasteiger partial charge in [0.25, 0.3) is 0 Å². The van der Waals surface area contributed by atoms with Crippen LogP contribution in [0.5, 0.6) is 0 Å². The van der Waals surface area contributed by atoms with Gasteiger partial charge < -0.3 is 10.2 Å². The Balaban J connectivity index is 1.74. The number of fused-ring (bicyclic) bond motifs is 1. The highest BCUT2D eigenvalue weighted by molar-refractivity contribution is 6.12. The molecule has 4 rings (SSSR count). The average Bonchev–Trinajstić information content (AvgIpc) is 2.76. The molecule has 0 bridgehead atoms. The number of amides is 3. The Morgan fingerprint density at radius 2 is 1.87 bits per heavy atom. The number of halogens is 3. The zero-order chi connectivity index (χ0) is 22.2. The Morgan fingerprint density at radius 3 is 2.58 bits per heavy atom. The molecule has 1 aliphatic rings. The first-order chi connectivity index (χ1) is 14.7. The minimum atomic E-state index is -4.50.